The fourth-order valence-electron chi connectivity index (χ4n) is 3.29. The van der Waals surface area contributed by atoms with Crippen molar-refractivity contribution >= 4 is 58.5 Å². The Labute approximate surface area is 192 Å². The molecule has 1 aromatic rings. The van der Waals surface area contributed by atoms with Gasteiger partial charge in [0.05, 0.1) is 0 Å². The molecule has 0 bridgehead atoms. The lowest BCUT2D eigenvalue weighted by molar-refractivity contribution is -0.151. The quantitative estimate of drug-likeness (QED) is 0.196. The highest BCUT2D eigenvalue weighted by Crippen LogP contribution is 2.40. The van der Waals surface area contributed by atoms with Crippen LogP contribution in [0.15, 0.2) is 35.5 Å². The number of esters is 1. The molecule has 1 aromatic carbocycles. The molecule has 2 aliphatic heterocycles. The van der Waals surface area contributed by atoms with Gasteiger partial charge in [-0.1, -0.05) is 12.1 Å². The summed E-state index contributed by atoms with van der Waals surface area (Å²) >= 11 is 6.03. The van der Waals surface area contributed by atoms with E-state index in [0.717, 1.165) is 4.90 Å². The molecule has 2 amide bonds. The molecule has 1 fully saturated rings. The first-order valence-corrected chi connectivity index (χ1v) is 10.8. The number of carbonyl (C=O) groups excluding carboxylic acids is 3. The van der Waals surface area contributed by atoms with E-state index in [0.29, 0.717) is 16.8 Å². The Kier molecular flexibility index (Phi) is 7.01. The van der Waals surface area contributed by atoms with Crippen molar-refractivity contribution in [1.82, 2.24) is 10.2 Å². The standard InChI is InChI=1S/C19H21N5O6S2/c1-8(25)30-6-10-7-32-17-13(16(27)24(17)14(10)18(28)29)23-15(26)12(20)9-2-4-11(5-3-9)22-19(21)31/h2-5,12-13,17H,6-7,20H2,1H3,(H,23,26)(H,28,29)(H3,21,22,31)/t12?,13?,17-/m1/s1. The maximum atomic E-state index is 12.7. The Bertz CT molecular complexity index is 1010. The average molecular weight is 480 g/mol. The molecule has 170 valence electrons. The van der Waals surface area contributed by atoms with E-state index in [1.807, 2.05) is 0 Å². The summed E-state index contributed by atoms with van der Waals surface area (Å²) in [6.07, 6.45) is 0. The van der Waals surface area contributed by atoms with Crippen LogP contribution in [0.1, 0.15) is 18.5 Å². The van der Waals surface area contributed by atoms with Gasteiger partial charge in [-0.15, -0.1) is 11.8 Å². The van der Waals surface area contributed by atoms with E-state index < -0.39 is 41.2 Å². The van der Waals surface area contributed by atoms with E-state index in [1.165, 1.54) is 18.7 Å². The van der Waals surface area contributed by atoms with Crippen LogP contribution in [0.4, 0.5) is 5.69 Å². The SMILES string of the molecule is CC(=O)OCC1=C(C(=O)O)N2C(=O)C(NC(=O)C(N)c3ccc(NC(N)=S)cc3)[C@H]2SC1. The Morgan fingerprint density at radius 3 is 2.56 bits per heavy atom. The van der Waals surface area contributed by atoms with E-state index >= 15 is 0 Å². The molecule has 2 unspecified atom stereocenters. The van der Waals surface area contributed by atoms with Crippen LogP contribution in [0.5, 0.6) is 0 Å². The monoisotopic (exact) mass is 479 g/mol. The summed E-state index contributed by atoms with van der Waals surface area (Å²) in [6, 6.07) is 4.60. The Hall–Kier alpha value is -3.16. The van der Waals surface area contributed by atoms with Gasteiger partial charge in [-0.25, -0.2) is 4.79 Å². The van der Waals surface area contributed by atoms with Crippen molar-refractivity contribution < 1.29 is 29.0 Å². The third-order valence-electron chi connectivity index (χ3n) is 4.82. The normalized spacial score (nSPS) is 20.6. The highest BCUT2D eigenvalue weighted by molar-refractivity contribution is 8.00. The number of aliphatic carboxylic acids is 1. The molecular formula is C19H21N5O6S2. The number of carboxylic acids is 1. The lowest BCUT2D eigenvalue weighted by Gasteiger charge is -2.49. The molecule has 32 heavy (non-hydrogen) atoms. The van der Waals surface area contributed by atoms with Crippen LogP contribution in [0.3, 0.4) is 0 Å². The number of carbonyl (C=O) groups is 4. The first kappa shape index (κ1) is 23.5. The molecular weight excluding hydrogens is 458 g/mol. The number of rotatable bonds is 7. The largest absolute Gasteiger partial charge is 0.477 e. The van der Waals surface area contributed by atoms with Gasteiger partial charge < -0.3 is 31.9 Å². The number of fused-ring (bicyclic) bond motifs is 1. The molecule has 2 heterocycles. The second kappa shape index (κ2) is 9.54. The molecule has 0 spiro atoms. The number of hydrogen-bond acceptors (Lipinski definition) is 8. The van der Waals surface area contributed by atoms with E-state index in [-0.39, 0.29) is 23.2 Å². The Morgan fingerprint density at radius 1 is 1.34 bits per heavy atom. The number of hydrogen-bond donors (Lipinski definition) is 5. The smallest absolute Gasteiger partial charge is 0.352 e. The number of nitrogens with one attached hydrogen (secondary N) is 2. The predicted molar refractivity (Wildman–Crippen MR) is 120 cm³/mol. The third-order valence-corrected chi connectivity index (χ3v) is 6.26. The molecule has 7 N–H and O–H groups in total. The third kappa shape index (κ3) is 4.84. The zero-order valence-corrected chi connectivity index (χ0v) is 18.5. The molecule has 3 rings (SSSR count). The number of amides is 2. The summed E-state index contributed by atoms with van der Waals surface area (Å²) in [6.45, 7) is 0.989. The van der Waals surface area contributed by atoms with Gasteiger partial charge in [0.25, 0.3) is 5.91 Å². The number of carboxylic acid groups (broad SMARTS) is 1. The van der Waals surface area contributed by atoms with Crippen LogP contribution < -0.4 is 22.1 Å². The zero-order valence-electron chi connectivity index (χ0n) is 16.9. The van der Waals surface area contributed by atoms with Crippen molar-refractivity contribution in [3.05, 3.63) is 41.1 Å². The maximum Gasteiger partial charge on any atom is 0.352 e. The molecule has 3 atom stereocenters. The summed E-state index contributed by atoms with van der Waals surface area (Å²) in [7, 11) is 0. The molecule has 0 saturated carbocycles. The fourth-order valence-corrected chi connectivity index (χ4v) is 4.74. The van der Waals surface area contributed by atoms with Crippen molar-refractivity contribution in [1.29, 1.82) is 0 Å². The minimum absolute atomic E-state index is 0.101. The van der Waals surface area contributed by atoms with Gasteiger partial charge in [0, 0.05) is 23.9 Å². The van der Waals surface area contributed by atoms with Crippen molar-refractivity contribution in [2.45, 2.75) is 24.4 Å². The van der Waals surface area contributed by atoms with Crippen molar-refractivity contribution in [3.8, 4) is 0 Å². The number of thiocarbonyl (C=S) groups is 1. The topological polar surface area (TPSA) is 177 Å². The van der Waals surface area contributed by atoms with Crippen LogP contribution in [0, 0.1) is 0 Å². The first-order valence-electron chi connectivity index (χ1n) is 9.36. The van der Waals surface area contributed by atoms with E-state index in [4.69, 9.17) is 28.4 Å². The van der Waals surface area contributed by atoms with E-state index in [1.54, 1.807) is 24.3 Å². The second-order valence-electron chi connectivity index (χ2n) is 7.02. The van der Waals surface area contributed by atoms with Gasteiger partial charge in [-0.2, -0.15) is 0 Å². The fraction of sp³-hybridized carbons (Fsp3) is 0.316. The molecule has 2 aliphatic rings. The zero-order chi connectivity index (χ0) is 23.6. The lowest BCUT2D eigenvalue weighted by Crippen LogP contribution is -2.71. The van der Waals surface area contributed by atoms with Crippen molar-refractivity contribution in [3.63, 3.8) is 0 Å². The van der Waals surface area contributed by atoms with Gasteiger partial charge in [-0.3, -0.25) is 19.3 Å². The van der Waals surface area contributed by atoms with Crippen molar-refractivity contribution in [2.75, 3.05) is 17.7 Å². The predicted octanol–water partition coefficient (Wildman–Crippen LogP) is -0.356. The second-order valence-corrected chi connectivity index (χ2v) is 8.57. The number of ether oxygens (including phenoxy) is 1. The van der Waals surface area contributed by atoms with Gasteiger partial charge in [0.15, 0.2) is 5.11 Å². The van der Waals surface area contributed by atoms with Gasteiger partial charge in [-0.05, 0) is 29.9 Å². The maximum absolute atomic E-state index is 12.7. The summed E-state index contributed by atoms with van der Waals surface area (Å²) in [5, 5.41) is 14.4. The summed E-state index contributed by atoms with van der Waals surface area (Å²) < 4.78 is 4.89. The van der Waals surface area contributed by atoms with Gasteiger partial charge in [0.2, 0.25) is 5.91 Å². The van der Waals surface area contributed by atoms with Crippen LogP contribution in [0.25, 0.3) is 0 Å². The summed E-state index contributed by atoms with van der Waals surface area (Å²) in [4.78, 5) is 49.2. The molecule has 0 aromatic heterocycles. The minimum Gasteiger partial charge on any atom is -0.477 e. The van der Waals surface area contributed by atoms with Crippen LogP contribution in [-0.4, -0.2) is 62.6 Å². The number of β-lactam (4-membered cyclic amide) rings is 1. The Balaban J connectivity index is 1.68. The minimum atomic E-state index is -1.31. The average Bonchev–Trinajstić information content (AvgIpc) is 2.74. The van der Waals surface area contributed by atoms with Gasteiger partial charge in [0.1, 0.15) is 29.8 Å². The van der Waals surface area contributed by atoms with Crippen LogP contribution >= 0.6 is 24.0 Å². The molecule has 13 heteroatoms. The summed E-state index contributed by atoms with van der Waals surface area (Å²) in [5.74, 6) is -2.78. The molecule has 1 saturated heterocycles. The molecule has 11 nitrogen and oxygen atoms in total. The van der Waals surface area contributed by atoms with Crippen LogP contribution in [0.2, 0.25) is 0 Å². The number of benzene rings is 1. The number of anilines is 1. The van der Waals surface area contributed by atoms with E-state index in [9.17, 15) is 24.3 Å². The highest BCUT2D eigenvalue weighted by atomic mass is 32.2. The van der Waals surface area contributed by atoms with E-state index in [2.05, 4.69) is 10.6 Å². The lowest BCUT2D eigenvalue weighted by atomic mass is 10.0. The molecule has 0 radical (unpaired) electrons. The summed E-state index contributed by atoms with van der Waals surface area (Å²) in [5.41, 5.74) is 12.7. The number of thioether (sulfide) groups is 1. The van der Waals surface area contributed by atoms with Crippen LogP contribution in [-0.2, 0) is 23.9 Å². The first-order chi connectivity index (χ1) is 15.1. The number of nitrogens with two attached hydrogens (primary N) is 2. The number of nitrogens with zero attached hydrogens (tertiary/aromatic N) is 1. The molecule has 0 aliphatic carbocycles. The van der Waals surface area contributed by atoms with Gasteiger partial charge >= 0.3 is 11.9 Å². The van der Waals surface area contributed by atoms with Crippen molar-refractivity contribution in [2.24, 2.45) is 11.5 Å². The Morgan fingerprint density at radius 2 is 2.00 bits per heavy atom. The highest BCUT2D eigenvalue weighted by Gasteiger charge is 2.54.